The molecule has 2 heterocycles. The second-order valence-corrected chi connectivity index (χ2v) is 7.77. The molecular formula is C23H19ClF2N2O4. The van der Waals surface area contributed by atoms with E-state index in [1.807, 2.05) is 5.32 Å². The highest BCUT2D eigenvalue weighted by Gasteiger charge is 2.41. The molecule has 0 radical (unpaired) electrons. The summed E-state index contributed by atoms with van der Waals surface area (Å²) < 4.78 is 61.5. The number of ketones is 1. The van der Waals surface area contributed by atoms with E-state index >= 15 is 0 Å². The van der Waals surface area contributed by atoms with Gasteiger partial charge in [-0.2, -0.15) is 8.78 Å². The van der Waals surface area contributed by atoms with Gasteiger partial charge in [-0.15, -0.1) is 0 Å². The summed E-state index contributed by atoms with van der Waals surface area (Å²) in [4.78, 5) is 50.2. The molecule has 3 unspecified atom stereocenters. The Balaban J connectivity index is 1.53. The lowest BCUT2D eigenvalue weighted by Crippen LogP contribution is -2.52. The molecule has 2 aromatic rings. The first-order chi connectivity index (χ1) is 16.7. The van der Waals surface area contributed by atoms with Gasteiger partial charge in [0.15, 0.2) is 0 Å². The molecule has 0 bridgehead atoms. The number of halogens is 3. The molecule has 2 aliphatic heterocycles. The van der Waals surface area contributed by atoms with E-state index in [1.54, 1.807) is 0 Å². The van der Waals surface area contributed by atoms with Gasteiger partial charge in [-0.25, -0.2) is 0 Å². The Kier molecular flexibility index (Phi) is 4.59. The van der Waals surface area contributed by atoms with Crippen molar-refractivity contribution in [2.45, 2.75) is 44.1 Å². The minimum atomic E-state index is -3.84. The van der Waals surface area contributed by atoms with Gasteiger partial charge in [-0.05, 0) is 42.1 Å². The first kappa shape index (κ1) is 17.4. The standard InChI is InChI=1S/C23H19ClF2N2O4/c24-16-5-3-15(4-6-16)23(25,26)19(29)9-2-13-1-7-17-14(11-13)12-28(22(17)32)18-8-10-20(30)27-21(18)31/h1,3-7,11,18H,2,8-10,12H2,(H,27,30,31)/i2D,8D2,10D. The number of Topliss-reactive ketones (excluding diaryl/α,β-unsaturated/α-hetero) is 1. The van der Waals surface area contributed by atoms with Gasteiger partial charge in [-0.1, -0.05) is 35.9 Å². The minimum absolute atomic E-state index is 0.103. The van der Waals surface area contributed by atoms with Crippen molar-refractivity contribution in [3.63, 3.8) is 0 Å². The van der Waals surface area contributed by atoms with E-state index in [0.29, 0.717) is 5.56 Å². The van der Waals surface area contributed by atoms with E-state index in [1.165, 1.54) is 30.3 Å². The Hall–Kier alpha value is -3.13. The van der Waals surface area contributed by atoms with Gasteiger partial charge >= 0.3 is 5.92 Å². The van der Waals surface area contributed by atoms with Gasteiger partial charge in [0.1, 0.15) is 6.04 Å². The summed E-state index contributed by atoms with van der Waals surface area (Å²) in [6.45, 7) is -0.262. The third-order valence-electron chi connectivity index (χ3n) is 5.22. The van der Waals surface area contributed by atoms with Crippen LogP contribution in [-0.4, -0.2) is 34.4 Å². The lowest BCUT2D eigenvalue weighted by Gasteiger charge is -2.29. The minimum Gasteiger partial charge on any atom is -0.322 e. The van der Waals surface area contributed by atoms with E-state index in [4.69, 9.17) is 17.1 Å². The largest absolute Gasteiger partial charge is 0.330 e. The average molecular weight is 465 g/mol. The van der Waals surface area contributed by atoms with Crippen LogP contribution in [0.3, 0.4) is 0 Å². The zero-order chi connectivity index (χ0) is 26.6. The third-order valence-corrected chi connectivity index (χ3v) is 5.47. The summed E-state index contributed by atoms with van der Waals surface area (Å²) in [6, 6.07) is 6.80. The smallest absolute Gasteiger partial charge is 0.322 e. The van der Waals surface area contributed by atoms with Gasteiger partial charge < -0.3 is 4.90 Å². The lowest BCUT2D eigenvalue weighted by molar-refractivity contribution is -0.144. The Morgan fingerprint density at radius 2 is 1.94 bits per heavy atom. The van der Waals surface area contributed by atoms with Crippen molar-refractivity contribution in [2.75, 3.05) is 0 Å². The summed E-state index contributed by atoms with van der Waals surface area (Å²) in [7, 11) is 0. The quantitative estimate of drug-likeness (QED) is 0.664. The summed E-state index contributed by atoms with van der Waals surface area (Å²) in [5.41, 5.74) is 0.0262. The second-order valence-electron chi connectivity index (χ2n) is 7.33. The molecule has 166 valence electrons. The number of carbonyl (C=O) groups is 4. The van der Waals surface area contributed by atoms with Crippen molar-refractivity contribution in [3.05, 3.63) is 69.7 Å². The van der Waals surface area contributed by atoms with Crippen LogP contribution in [0.1, 0.15) is 51.7 Å². The summed E-state index contributed by atoms with van der Waals surface area (Å²) >= 11 is 5.70. The highest BCUT2D eigenvalue weighted by atomic mass is 35.5. The predicted octanol–water partition coefficient (Wildman–Crippen LogP) is 3.39. The maximum absolute atomic E-state index is 14.6. The molecule has 0 spiro atoms. The van der Waals surface area contributed by atoms with Crippen molar-refractivity contribution in [3.8, 4) is 0 Å². The van der Waals surface area contributed by atoms with Crippen LogP contribution in [0.25, 0.3) is 0 Å². The Bertz CT molecular complexity index is 1280. The number of aryl methyl sites for hydroxylation is 1. The number of amides is 3. The third kappa shape index (κ3) is 4.14. The molecule has 0 saturated carbocycles. The van der Waals surface area contributed by atoms with Gasteiger partial charge in [0, 0.05) is 41.0 Å². The zero-order valence-corrected chi connectivity index (χ0v) is 17.2. The summed E-state index contributed by atoms with van der Waals surface area (Å²) in [6.07, 6.45) is -6.79. The maximum atomic E-state index is 14.6. The zero-order valence-electron chi connectivity index (χ0n) is 20.4. The number of carbonyl (C=O) groups excluding carboxylic acids is 4. The molecule has 2 aliphatic rings. The fourth-order valence-electron chi connectivity index (χ4n) is 3.55. The van der Waals surface area contributed by atoms with Crippen LogP contribution < -0.4 is 5.32 Å². The van der Waals surface area contributed by atoms with Gasteiger partial charge in [0.2, 0.25) is 17.6 Å². The van der Waals surface area contributed by atoms with Crippen molar-refractivity contribution in [1.29, 1.82) is 0 Å². The van der Waals surface area contributed by atoms with E-state index in [0.717, 1.165) is 17.0 Å². The molecule has 1 saturated heterocycles. The normalized spacial score (nSPS) is 25.2. The van der Waals surface area contributed by atoms with Gasteiger partial charge in [-0.3, -0.25) is 24.5 Å². The first-order valence-corrected chi connectivity index (χ1v) is 9.93. The number of fused-ring (bicyclic) bond motifs is 1. The van der Waals surface area contributed by atoms with E-state index < -0.39 is 66.6 Å². The number of hydrogen-bond donors (Lipinski definition) is 1. The number of hydrogen-bond acceptors (Lipinski definition) is 4. The number of benzene rings is 2. The molecule has 0 aromatic heterocycles. The number of imide groups is 1. The van der Waals surface area contributed by atoms with E-state index in [2.05, 4.69) is 0 Å². The predicted molar refractivity (Wildman–Crippen MR) is 111 cm³/mol. The van der Waals surface area contributed by atoms with Gasteiger partial charge in [0.05, 0.1) is 0 Å². The SMILES string of the molecule is [2H]C(CC(=O)C(F)(F)c1ccc(Cl)cc1)c1ccc2c(c1)CN(C1C(=O)NC(=O)C([2H])C1([2H])[2H])C2=O. The molecule has 6 nitrogen and oxygen atoms in total. The fourth-order valence-corrected chi connectivity index (χ4v) is 3.67. The topological polar surface area (TPSA) is 83.6 Å². The van der Waals surface area contributed by atoms with Crippen LogP contribution in [0, 0.1) is 0 Å². The molecular weight excluding hydrogens is 442 g/mol. The van der Waals surface area contributed by atoms with Crippen molar-refractivity contribution >= 4 is 35.1 Å². The van der Waals surface area contributed by atoms with Crippen molar-refractivity contribution in [2.24, 2.45) is 0 Å². The molecule has 3 atom stereocenters. The number of alkyl halides is 2. The molecule has 4 rings (SSSR count). The average Bonchev–Trinajstić information content (AvgIpc) is 3.12. The second kappa shape index (κ2) is 8.43. The molecule has 32 heavy (non-hydrogen) atoms. The van der Waals surface area contributed by atoms with Crippen LogP contribution >= 0.6 is 11.6 Å². The number of nitrogens with one attached hydrogen (secondary N) is 1. The molecule has 1 fully saturated rings. The van der Waals surface area contributed by atoms with Crippen molar-refractivity contribution in [1.82, 2.24) is 10.2 Å². The summed E-state index contributed by atoms with van der Waals surface area (Å²) in [5.74, 6) is -8.18. The molecule has 1 N–H and O–H groups in total. The van der Waals surface area contributed by atoms with E-state index in [-0.39, 0.29) is 22.7 Å². The number of nitrogens with zero attached hydrogens (tertiary/aromatic N) is 1. The van der Waals surface area contributed by atoms with Crippen molar-refractivity contribution < 1.29 is 33.4 Å². The molecule has 2 aromatic carbocycles. The molecule has 0 aliphatic carbocycles. The van der Waals surface area contributed by atoms with E-state index in [9.17, 15) is 28.0 Å². The van der Waals surface area contributed by atoms with Crippen LogP contribution in [-0.2, 0) is 33.2 Å². The fraction of sp³-hybridized carbons (Fsp3) is 0.304. The van der Waals surface area contributed by atoms with Crippen LogP contribution in [0.4, 0.5) is 8.78 Å². The Morgan fingerprint density at radius 3 is 2.66 bits per heavy atom. The van der Waals surface area contributed by atoms with Crippen LogP contribution in [0.5, 0.6) is 0 Å². The highest BCUT2D eigenvalue weighted by Crippen LogP contribution is 2.32. The summed E-state index contributed by atoms with van der Waals surface area (Å²) in [5, 5.41) is 2.12. The van der Waals surface area contributed by atoms with Gasteiger partial charge in [0.25, 0.3) is 5.91 Å². The first-order valence-electron chi connectivity index (χ1n) is 11.7. The van der Waals surface area contributed by atoms with Crippen LogP contribution in [0.15, 0.2) is 42.5 Å². The number of piperidine rings is 1. The number of rotatable bonds is 6. The Labute approximate surface area is 193 Å². The lowest BCUT2D eigenvalue weighted by atomic mass is 9.97. The van der Waals surface area contributed by atoms with Crippen LogP contribution in [0.2, 0.25) is 5.02 Å². The molecule has 3 amide bonds. The Morgan fingerprint density at radius 1 is 1.22 bits per heavy atom. The highest BCUT2D eigenvalue weighted by molar-refractivity contribution is 6.30. The monoisotopic (exact) mass is 464 g/mol. The maximum Gasteiger partial charge on any atom is 0.330 e. The molecule has 9 heteroatoms.